The van der Waals surface area contributed by atoms with E-state index in [9.17, 15) is 8.42 Å². The number of piperidine rings is 2. The van der Waals surface area contributed by atoms with Crippen LogP contribution in [0.5, 0.6) is 0 Å². The molecule has 3 rings (SSSR count). The molecule has 0 spiro atoms. The van der Waals surface area contributed by atoms with Crippen molar-refractivity contribution in [3.8, 4) is 0 Å². The van der Waals surface area contributed by atoms with Crippen molar-refractivity contribution >= 4 is 10.0 Å². The van der Waals surface area contributed by atoms with Crippen LogP contribution in [0.25, 0.3) is 0 Å². The number of quaternary nitrogens is 1. The molecule has 1 aromatic carbocycles. The lowest BCUT2D eigenvalue weighted by Crippen LogP contribution is -2.59. The van der Waals surface area contributed by atoms with E-state index in [-0.39, 0.29) is 0 Å². The standard InChI is InChI=1S/C18H29N2O2S/c1-16-10-14-20(2,15-11-16)17-8-12-19(13-9-17)23(21,22)18-6-4-3-5-7-18/h3-7,16-17H,8-15H2,1-2H3/q+1. The Balaban J connectivity index is 1.65. The Hall–Kier alpha value is -0.910. The van der Waals surface area contributed by atoms with Gasteiger partial charge in [0, 0.05) is 25.9 Å². The van der Waals surface area contributed by atoms with Crippen molar-refractivity contribution in [3.63, 3.8) is 0 Å². The number of hydrogen-bond donors (Lipinski definition) is 0. The number of sulfonamides is 1. The van der Waals surface area contributed by atoms with E-state index in [0.29, 0.717) is 24.0 Å². The molecule has 0 atom stereocenters. The maximum Gasteiger partial charge on any atom is 0.243 e. The van der Waals surface area contributed by atoms with Gasteiger partial charge in [-0.15, -0.1) is 0 Å². The van der Waals surface area contributed by atoms with Crippen LogP contribution in [0, 0.1) is 5.92 Å². The summed E-state index contributed by atoms with van der Waals surface area (Å²) in [6.07, 6.45) is 4.58. The molecule has 0 bridgehead atoms. The van der Waals surface area contributed by atoms with Gasteiger partial charge in [0.25, 0.3) is 0 Å². The average molecular weight is 338 g/mol. The first-order valence-corrected chi connectivity index (χ1v) is 10.3. The molecule has 2 saturated heterocycles. The second kappa shape index (κ2) is 6.54. The van der Waals surface area contributed by atoms with Crippen LogP contribution in [0.2, 0.25) is 0 Å². The predicted molar refractivity (Wildman–Crippen MR) is 92.5 cm³/mol. The van der Waals surface area contributed by atoms with Crippen LogP contribution in [-0.4, -0.2) is 56.5 Å². The highest BCUT2D eigenvalue weighted by atomic mass is 32.2. The third-order valence-electron chi connectivity index (χ3n) is 5.95. The molecule has 4 nitrogen and oxygen atoms in total. The van der Waals surface area contributed by atoms with E-state index in [1.165, 1.54) is 25.9 Å². The van der Waals surface area contributed by atoms with Gasteiger partial charge in [0.1, 0.15) is 0 Å². The molecule has 0 aliphatic carbocycles. The van der Waals surface area contributed by atoms with Gasteiger partial charge in [0.15, 0.2) is 0 Å². The minimum atomic E-state index is -3.32. The van der Waals surface area contributed by atoms with E-state index in [1.54, 1.807) is 28.6 Å². The summed E-state index contributed by atoms with van der Waals surface area (Å²) in [4.78, 5) is 0.422. The zero-order valence-corrected chi connectivity index (χ0v) is 15.1. The number of rotatable bonds is 3. The Morgan fingerprint density at radius 2 is 1.57 bits per heavy atom. The fourth-order valence-electron chi connectivity index (χ4n) is 4.10. The van der Waals surface area contributed by atoms with Gasteiger partial charge in [-0.25, -0.2) is 8.42 Å². The fraction of sp³-hybridized carbons (Fsp3) is 0.667. The van der Waals surface area contributed by atoms with E-state index in [1.807, 2.05) is 6.07 Å². The molecule has 0 N–H and O–H groups in total. The minimum Gasteiger partial charge on any atom is -0.324 e. The van der Waals surface area contributed by atoms with Gasteiger partial charge in [0.05, 0.1) is 31.1 Å². The first kappa shape index (κ1) is 16.9. The molecular weight excluding hydrogens is 308 g/mol. The molecule has 2 aliphatic heterocycles. The first-order valence-electron chi connectivity index (χ1n) is 8.81. The highest BCUT2D eigenvalue weighted by Gasteiger charge is 2.40. The maximum absolute atomic E-state index is 12.7. The van der Waals surface area contributed by atoms with Gasteiger partial charge in [-0.3, -0.25) is 0 Å². The molecule has 5 heteroatoms. The normalized spacial score (nSPS) is 31.1. The molecule has 0 unspecified atom stereocenters. The lowest BCUT2D eigenvalue weighted by molar-refractivity contribution is -0.939. The predicted octanol–water partition coefficient (Wildman–Crippen LogP) is 2.72. The third kappa shape index (κ3) is 3.47. The fourth-order valence-corrected chi connectivity index (χ4v) is 5.59. The summed E-state index contributed by atoms with van der Waals surface area (Å²) in [5, 5.41) is 0. The highest BCUT2D eigenvalue weighted by Crippen LogP contribution is 2.31. The zero-order valence-electron chi connectivity index (χ0n) is 14.3. The molecule has 2 heterocycles. The summed E-state index contributed by atoms with van der Waals surface area (Å²) in [5.74, 6) is 0.847. The SMILES string of the molecule is CC1CC[N+](C)(C2CCN(S(=O)(=O)c3ccccc3)CC2)CC1. The second-order valence-electron chi connectivity index (χ2n) is 7.56. The van der Waals surface area contributed by atoms with Crippen molar-refractivity contribution in [2.45, 2.75) is 43.5 Å². The van der Waals surface area contributed by atoms with E-state index >= 15 is 0 Å². The van der Waals surface area contributed by atoms with Gasteiger partial charge in [-0.2, -0.15) is 4.31 Å². The zero-order chi connectivity index (χ0) is 16.5. The summed E-state index contributed by atoms with van der Waals surface area (Å²) in [7, 11) is -0.945. The molecule has 0 saturated carbocycles. The quantitative estimate of drug-likeness (QED) is 0.795. The van der Waals surface area contributed by atoms with Crippen molar-refractivity contribution in [2.75, 3.05) is 33.2 Å². The molecule has 0 aromatic heterocycles. The van der Waals surface area contributed by atoms with Crippen molar-refractivity contribution in [1.82, 2.24) is 4.31 Å². The van der Waals surface area contributed by atoms with Crippen LogP contribution in [-0.2, 0) is 10.0 Å². The van der Waals surface area contributed by atoms with Gasteiger partial charge < -0.3 is 4.48 Å². The Morgan fingerprint density at radius 3 is 2.13 bits per heavy atom. The van der Waals surface area contributed by atoms with Crippen LogP contribution in [0.15, 0.2) is 35.2 Å². The van der Waals surface area contributed by atoms with Crippen molar-refractivity contribution < 1.29 is 12.9 Å². The topological polar surface area (TPSA) is 37.4 Å². The monoisotopic (exact) mass is 337 g/mol. The summed E-state index contributed by atoms with van der Waals surface area (Å²) in [6, 6.07) is 9.45. The van der Waals surface area contributed by atoms with Crippen LogP contribution < -0.4 is 0 Å². The van der Waals surface area contributed by atoms with Gasteiger partial charge in [0.2, 0.25) is 10.0 Å². The Kier molecular flexibility index (Phi) is 4.81. The number of likely N-dealkylation sites (tertiary alicyclic amines) is 1. The molecule has 128 valence electrons. The average Bonchev–Trinajstić information content (AvgIpc) is 2.59. The van der Waals surface area contributed by atoms with Crippen LogP contribution >= 0.6 is 0 Å². The van der Waals surface area contributed by atoms with Crippen LogP contribution in [0.4, 0.5) is 0 Å². The minimum absolute atomic E-state index is 0.422. The molecular formula is C18H29N2O2S+. The van der Waals surface area contributed by atoms with E-state index in [4.69, 9.17) is 0 Å². The molecule has 2 aliphatic rings. The second-order valence-corrected chi connectivity index (χ2v) is 9.50. The van der Waals surface area contributed by atoms with Crippen LogP contribution in [0.3, 0.4) is 0 Å². The van der Waals surface area contributed by atoms with E-state index in [0.717, 1.165) is 23.2 Å². The molecule has 0 amide bonds. The van der Waals surface area contributed by atoms with Gasteiger partial charge in [-0.05, 0) is 30.9 Å². The van der Waals surface area contributed by atoms with E-state index in [2.05, 4.69) is 14.0 Å². The maximum atomic E-state index is 12.7. The number of nitrogens with zero attached hydrogens (tertiary/aromatic N) is 2. The van der Waals surface area contributed by atoms with Gasteiger partial charge in [-0.1, -0.05) is 25.1 Å². The first-order chi connectivity index (χ1) is 10.9. The Labute approximate surface area is 140 Å². The van der Waals surface area contributed by atoms with Crippen molar-refractivity contribution in [3.05, 3.63) is 30.3 Å². The molecule has 2 fully saturated rings. The smallest absolute Gasteiger partial charge is 0.243 e. The molecule has 0 radical (unpaired) electrons. The summed E-state index contributed by atoms with van der Waals surface area (Å²) < 4.78 is 28.2. The van der Waals surface area contributed by atoms with Crippen LogP contribution in [0.1, 0.15) is 32.6 Å². The summed E-state index contributed by atoms with van der Waals surface area (Å²) >= 11 is 0. The van der Waals surface area contributed by atoms with Gasteiger partial charge >= 0.3 is 0 Å². The molecule has 1 aromatic rings. The summed E-state index contributed by atoms with van der Waals surface area (Å²) in [6.45, 7) is 6.16. The highest BCUT2D eigenvalue weighted by molar-refractivity contribution is 7.89. The van der Waals surface area contributed by atoms with Crippen molar-refractivity contribution in [2.24, 2.45) is 5.92 Å². The number of benzene rings is 1. The number of hydrogen-bond acceptors (Lipinski definition) is 2. The Morgan fingerprint density at radius 1 is 1.00 bits per heavy atom. The van der Waals surface area contributed by atoms with E-state index < -0.39 is 10.0 Å². The molecule has 23 heavy (non-hydrogen) atoms. The lowest BCUT2D eigenvalue weighted by atomic mass is 9.92. The lowest BCUT2D eigenvalue weighted by Gasteiger charge is -2.48. The third-order valence-corrected chi connectivity index (χ3v) is 7.86. The largest absolute Gasteiger partial charge is 0.324 e. The summed E-state index contributed by atoms with van der Waals surface area (Å²) in [5.41, 5.74) is 0. The Bertz CT molecular complexity index is 614. The van der Waals surface area contributed by atoms with Crippen molar-refractivity contribution in [1.29, 1.82) is 0 Å².